The van der Waals surface area contributed by atoms with Crippen LogP contribution in [0.3, 0.4) is 0 Å². The number of benzene rings is 4. The number of ether oxygens (including phenoxy) is 1. The molecule has 1 aliphatic heterocycles. The second-order valence-electron chi connectivity index (χ2n) is 9.08. The topological polar surface area (TPSA) is 87.7 Å². The molecular weight excluding hydrogens is 510 g/mol. The van der Waals surface area contributed by atoms with Crippen LogP contribution in [0, 0.1) is 0 Å². The molecule has 0 spiro atoms. The fraction of sp³-hybridized carbons (Fsp3) is 0.129. The number of imide groups is 1. The molecule has 1 fully saturated rings. The molecule has 0 saturated carbocycles. The first-order valence-electron chi connectivity index (χ1n) is 12.5. The van der Waals surface area contributed by atoms with Crippen molar-refractivity contribution in [2.75, 3.05) is 17.3 Å². The van der Waals surface area contributed by atoms with E-state index in [-0.39, 0.29) is 17.2 Å². The molecule has 2 N–H and O–H groups in total. The number of carbonyl (C=O) groups is 3. The molecule has 1 aliphatic rings. The maximum atomic E-state index is 13.3. The zero-order chi connectivity index (χ0) is 27.2. The Balaban J connectivity index is 1.32. The summed E-state index contributed by atoms with van der Waals surface area (Å²) in [5.41, 5.74) is 5.09. The first kappa shape index (κ1) is 26.1. The van der Waals surface area contributed by atoms with Crippen molar-refractivity contribution in [3.05, 3.63) is 114 Å². The smallest absolute Gasteiger partial charge is 0.326 e. The molecule has 1 heterocycles. The molecule has 8 heteroatoms. The Hall–Kier alpha value is -4.56. The third-order valence-electron chi connectivity index (χ3n) is 6.38. The predicted octanol–water partition coefficient (Wildman–Crippen LogP) is 6.50. The molecule has 5 rings (SSSR count). The molecule has 1 atom stereocenters. The van der Waals surface area contributed by atoms with Gasteiger partial charge in [0.15, 0.2) is 0 Å². The summed E-state index contributed by atoms with van der Waals surface area (Å²) in [6, 6.07) is 32.4. The standard InChI is InChI=1S/C31H27N3O4S/c1-34(30(36)32-25-14-16-26(17-15-25)38-20-21-8-4-2-5-9-21)27-18-23(22-10-6-3-7-11-22)12-13-24(27)19-28-29(35)33-31(37)39-28/h2-18,28H,19-20H2,1H3,(H,32,36)(H,33,35,37). The number of hydrogen-bond acceptors (Lipinski definition) is 5. The summed E-state index contributed by atoms with van der Waals surface area (Å²) in [5.74, 6) is 0.384. The Morgan fingerprint density at radius 2 is 1.59 bits per heavy atom. The third-order valence-corrected chi connectivity index (χ3v) is 7.37. The van der Waals surface area contributed by atoms with Crippen LogP contribution < -0.4 is 20.3 Å². The van der Waals surface area contributed by atoms with Crippen LogP contribution >= 0.6 is 11.8 Å². The number of urea groups is 1. The van der Waals surface area contributed by atoms with E-state index in [1.165, 1.54) is 4.90 Å². The Morgan fingerprint density at radius 3 is 2.26 bits per heavy atom. The predicted molar refractivity (Wildman–Crippen MR) is 155 cm³/mol. The summed E-state index contributed by atoms with van der Waals surface area (Å²) in [6.07, 6.45) is 0.317. The van der Waals surface area contributed by atoms with Crippen molar-refractivity contribution < 1.29 is 19.1 Å². The summed E-state index contributed by atoms with van der Waals surface area (Å²) in [5, 5.41) is 4.37. The lowest BCUT2D eigenvalue weighted by molar-refractivity contribution is -0.118. The van der Waals surface area contributed by atoms with E-state index in [0.717, 1.165) is 34.0 Å². The number of rotatable bonds is 8. The molecule has 4 amide bonds. The first-order chi connectivity index (χ1) is 19.0. The minimum atomic E-state index is -0.543. The van der Waals surface area contributed by atoms with E-state index in [1.54, 1.807) is 19.2 Å². The van der Waals surface area contributed by atoms with Gasteiger partial charge >= 0.3 is 6.03 Å². The normalized spacial score (nSPS) is 14.5. The maximum Gasteiger partial charge on any atom is 0.326 e. The van der Waals surface area contributed by atoms with Gasteiger partial charge in [-0.05, 0) is 59.0 Å². The van der Waals surface area contributed by atoms with Gasteiger partial charge in [-0.3, -0.25) is 19.8 Å². The Kier molecular flexibility index (Phi) is 7.94. The quantitative estimate of drug-likeness (QED) is 0.268. The van der Waals surface area contributed by atoms with Crippen LogP contribution in [-0.4, -0.2) is 29.5 Å². The highest BCUT2D eigenvalue weighted by Crippen LogP contribution is 2.32. The zero-order valence-corrected chi connectivity index (χ0v) is 22.1. The summed E-state index contributed by atoms with van der Waals surface area (Å²) in [4.78, 5) is 38.8. The van der Waals surface area contributed by atoms with Crippen LogP contribution in [-0.2, 0) is 17.8 Å². The lowest BCUT2D eigenvalue weighted by Crippen LogP contribution is -2.32. The molecule has 7 nitrogen and oxygen atoms in total. The van der Waals surface area contributed by atoms with Gasteiger partial charge in [-0.15, -0.1) is 0 Å². The third kappa shape index (κ3) is 6.48. The van der Waals surface area contributed by atoms with Gasteiger partial charge in [0.2, 0.25) is 5.91 Å². The Bertz CT molecular complexity index is 1480. The van der Waals surface area contributed by atoms with Crippen LogP contribution in [0.4, 0.5) is 21.0 Å². The number of hydrogen-bond donors (Lipinski definition) is 2. The highest BCUT2D eigenvalue weighted by atomic mass is 32.2. The fourth-order valence-corrected chi connectivity index (χ4v) is 5.13. The molecule has 1 saturated heterocycles. The number of anilines is 2. The van der Waals surface area contributed by atoms with Gasteiger partial charge in [0, 0.05) is 18.4 Å². The van der Waals surface area contributed by atoms with E-state index in [0.29, 0.717) is 30.2 Å². The van der Waals surface area contributed by atoms with Crippen molar-refractivity contribution in [2.24, 2.45) is 0 Å². The van der Waals surface area contributed by atoms with Crippen LogP contribution in [0.25, 0.3) is 11.1 Å². The molecule has 196 valence electrons. The summed E-state index contributed by atoms with van der Waals surface area (Å²) < 4.78 is 5.84. The van der Waals surface area contributed by atoms with Crippen molar-refractivity contribution in [2.45, 2.75) is 18.3 Å². The number of thioether (sulfide) groups is 1. The Morgan fingerprint density at radius 1 is 0.897 bits per heavy atom. The maximum absolute atomic E-state index is 13.3. The van der Waals surface area contributed by atoms with Crippen LogP contribution in [0.15, 0.2) is 103 Å². The minimum absolute atomic E-state index is 0.315. The molecule has 4 aromatic rings. The van der Waals surface area contributed by atoms with Crippen molar-refractivity contribution in [1.29, 1.82) is 0 Å². The van der Waals surface area contributed by atoms with Gasteiger partial charge < -0.3 is 10.1 Å². The fourth-order valence-electron chi connectivity index (χ4n) is 4.28. The molecule has 0 aromatic heterocycles. The average Bonchev–Trinajstić information content (AvgIpc) is 3.29. The van der Waals surface area contributed by atoms with Crippen LogP contribution in [0.5, 0.6) is 5.75 Å². The van der Waals surface area contributed by atoms with Crippen LogP contribution in [0.1, 0.15) is 11.1 Å². The largest absolute Gasteiger partial charge is 0.489 e. The zero-order valence-electron chi connectivity index (χ0n) is 21.3. The SMILES string of the molecule is CN(C(=O)Nc1ccc(OCc2ccccc2)cc1)c1cc(-c2ccccc2)ccc1CC1SC(=O)NC1=O. The van der Waals surface area contributed by atoms with Crippen LogP contribution in [0.2, 0.25) is 0 Å². The van der Waals surface area contributed by atoms with Gasteiger partial charge in [-0.25, -0.2) is 4.79 Å². The lowest BCUT2D eigenvalue weighted by Gasteiger charge is -2.23. The summed E-state index contributed by atoms with van der Waals surface area (Å²) in [7, 11) is 1.69. The van der Waals surface area contributed by atoms with E-state index in [2.05, 4.69) is 10.6 Å². The molecule has 39 heavy (non-hydrogen) atoms. The molecule has 0 radical (unpaired) electrons. The molecule has 0 bridgehead atoms. The second kappa shape index (κ2) is 11.9. The van der Waals surface area contributed by atoms with Gasteiger partial charge in [0.1, 0.15) is 12.4 Å². The monoisotopic (exact) mass is 537 g/mol. The van der Waals surface area contributed by atoms with E-state index in [1.807, 2.05) is 91.0 Å². The first-order valence-corrected chi connectivity index (χ1v) is 13.4. The average molecular weight is 538 g/mol. The molecular formula is C31H27N3O4S. The highest BCUT2D eigenvalue weighted by molar-refractivity contribution is 8.15. The Labute approximate surface area is 231 Å². The van der Waals surface area contributed by atoms with Gasteiger partial charge in [-0.1, -0.05) is 84.6 Å². The second-order valence-corrected chi connectivity index (χ2v) is 10.3. The molecule has 4 aromatic carbocycles. The van der Waals surface area contributed by atoms with Gasteiger partial charge in [-0.2, -0.15) is 0 Å². The summed E-state index contributed by atoms with van der Waals surface area (Å²) in [6.45, 7) is 0.457. The number of nitrogens with one attached hydrogen (secondary N) is 2. The van der Waals surface area contributed by atoms with E-state index in [9.17, 15) is 14.4 Å². The molecule has 0 aliphatic carbocycles. The highest BCUT2D eigenvalue weighted by Gasteiger charge is 2.32. The minimum Gasteiger partial charge on any atom is -0.489 e. The van der Waals surface area contributed by atoms with Crippen molar-refractivity contribution in [3.63, 3.8) is 0 Å². The van der Waals surface area contributed by atoms with Gasteiger partial charge in [0.05, 0.1) is 5.25 Å². The number of carbonyl (C=O) groups excluding carboxylic acids is 3. The van der Waals surface area contributed by atoms with E-state index >= 15 is 0 Å². The van der Waals surface area contributed by atoms with E-state index in [4.69, 9.17) is 4.74 Å². The van der Waals surface area contributed by atoms with Gasteiger partial charge in [0.25, 0.3) is 5.24 Å². The van der Waals surface area contributed by atoms with Crippen molar-refractivity contribution >= 4 is 40.3 Å². The number of amides is 4. The van der Waals surface area contributed by atoms with E-state index < -0.39 is 5.25 Å². The van der Waals surface area contributed by atoms with Crippen molar-refractivity contribution in [1.82, 2.24) is 5.32 Å². The lowest BCUT2D eigenvalue weighted by atomic mass is 9.99. The summed E-state index contributed by atoms with van der Waals surface area (Å²) >= 11 is 0.974. The van der Waals surface area contributed by atoms with Crippen molar-refractivity contribution in [3.8, 4) is 16.9 Å². The molecule has 1 unspecified atom stereocenters. The number of nitrogens with zero attached hydrogens (tertiary/aromatic N) is 1.